The van der Waals surface area contributed by atoms with Crippen LogP contribution in [0.25, 0.3) is 11.0 Å². The van der Waals surface area contributed by atoms with Gasteiger partial charge in [0, 0.05) is 0 Å². The summed E-state index contributed by atoms with van der Waals surface area (Å²) in [6.07, 6.45) is -2.06. The predicted molar refractivity (Wildman–Crippen MR) is 75.1 cm³/mol. The van der Waals surface area contributed by atoms with Crippen molar-refractivity contribution in [1.82, 2.24) is 14.5 Å². The molecule has 0 radical (unpaired) electrons. The van der Waals surface area contributed by atoms with Crippen LogP contribution in [0.2, 0.25) is 0 Å². The lowest BCUT2D eigenvalue weighted by Crippen LogP contribution is -2.40. The van der Waals surface area contributed by atoms with Crippen LogP contribution >= 0.6 is 0 Å². The second kappa shape index (κ2) is 5.08. The Labute approximate surface area is 128 Å². The van der Waals surface area contributed by atoms with Crippen molar-refractivity contribution < 1.29 is 24.3 Å². The highest BCUT2D eigenvalue weighted by Crippen LogP contribution is 2.44. The normalized spacial score (nSPS) is 30.9. The first-order valence-corrected chi connectivity index (χ1v) is 6.67. The molecule has 4 atom stereocenters. The standard InChI is InChI=1S/C12H14FN5O5/c1-12(13)8(20)6(3-19)23-11(12)17-2-5(18(21)22)7-9(14)15-4-16-10(7)17/h2,4,6,8,11,19-20H,3H2,1H3,(H2,14,15,16)/t6-,8-,11-,12-/m1/s1. The molecule has 0 aliphatic carbocycles. The molecule has 1 aliphatic heterocycles. The third-order valence-corrected chi connectivity index (χ3v) is 3.96. The first-order chi connectivity index (χ1) is 10.8. The largest absolute Gasteiger partial charge is 0.394 e. The molecule has 0 saturated carbocycles. The number of anilines is 1. The fourth-order valence-electron chi connectivity index (χ4n) is 2.77. The van der Waals surface area contributed by atoms with Gasteiger partial charge in [-0.3, -0.25) is 14.7 Å². The van der Waals surface area contributed by atoms with Crippen molar-refractivity contribution >= 4 is 22.5 Å². The predicted octanol–water partition coefficient (Wildman–Crippen LogP) is -0.0995. The number of hydrogen-bond donors (Lipinski definition) is 3. The third-order valence-electron chi connectivity index (χ3n) is 3.96. The van der Waals surface area contributed by atoms with Crippen LogP contribution in [0, 0.1) is 10.1 Å². The summed E-state index contributed by atoms with van der Waals surface area (Å²) in [7, 11) is 0. The van der Waals surface area contributed by atoms with Crippen molar-refractivity contribution in [2.45, 2.75) is 31.0 Å². The molecule has 2 aromatic heterocycles. The third kappa shape index (κ3) is 2.12. The molecule has 11 heteroatoms. The van der Waals surface area contributed by atoms with Crippen molar-refractivity contribution in [2.24, 2.45) is 0 Å². The molecule has 2 aromatic rings. The Balaban J connectivity index is 2.21. The van der Waals surface area contributed by atoms with E-state index >= 15 is 0 Å². The van der Waals surface area contributed by atoms with Crippen molar-refractivity contribution in [1.29, 1.82) is 0 Å². The fourth-order valence-corrected chi connectivity index (χ4v) is 2.77. The van der Waals surface area contributed by atoms with Crippen molar-refractivity contribution in [3.8, 4) is 0 Å². The minimum atomic E-state index is -2.30. The molecule has 0 unspecified atom stereocenters. The van der Waals surface area contributed by atoms with Crippen molar-refractivity contribution in [3.63, 3.8) is 0 Å². The van der Waals surface area contributed by atoms with Crippen LogP contribution in [-0.2, 0) is 4.74 Å². The van der Waals surface area contributed by atoms with E-state index in [0.717, 1.165) is 24.0 Å². The first-order valence-electron chi connectivity index (χ1n) is 6.67. The van der Waals surface area contributed by atoms with E-state index in [-0.39, 0.29) is 16.9 Å². The molecule has 0 amide bonds. The highest BCUT2D eigenvalue weighted by Gasteiger charge is 2.55. The number of nitrogens with zero attached hydrogens (tertiary/aromatic N) is 4. The minimum absolute atomic E-state index is 0.00358. The number of nitrogens with two attached hydrogens (primary N) is 1. The highest BCUT2D eigenvalue weighted by atomic mass is 19.1. The van der Waals surface area contributed by atoms with Gasteiger partial charge in [-0.05, 0) is 6.92 Å². The first kappa shape index (κ1) is 15.5. The Morgan fingerprint density at radius 1 is 1.61 bits per heavy atom. The van der Waals surface area contributed by atoms with E-state index in [1.54, 1.807) is 0 Å². The molecule has 0 aromatic carbocycles. The van der Waals surface area contributed by atoms with E-state index in [2.05, 4.69) is 9.97 Å². The van der Waals surface area contributed by atoms with Gasteiger partial charge in [0.05, 0.1) is 17.7 Å². The maximum atomic E-state index is 14.9. The van der Waals surface area contributed by atoms with Gasteiger partial charge in [0.1, 0.15) is 29.7 Å². The van der Waals surface area contributed by atoms with Crippen LogP contribution < -0.4 is 5.73 Å². The summed E-state index contributed by atoms with van der Waals surface area (Å²) in [5, 5.41) is 30.3. The van der Waals surface area contributed by atoms with Gasteiger partial charge in [0.25, 0.3) is 5.69 Å². The molecule has 23 heavy (non-hydrogen) atoms. The Bertz CT molecular complexity index is 779. The maximum Gasteiger partial charge on any atom is 0.300 e. The number of alkyl halides is 1. The van der Waals surface area contributed by atoms with Crippen molar-refractivity contribution in [3.05, 3.63) is 22.6 Å². The second-order valence-electron chi connectivity index (χ2n) is 5.44. The quantitative estimate of drug-likeness (QED) is 0.522. The van der Waals surface area contributed by atoms with E-state index in [1.165, 1.54) is 0 Å². The van der Waals surface area contributed by atoms with Crippen LogP contribution in [0.5, 0.6) is 0 Å². The van der Waals surface area contributed by atoms with E-state index in [1.807, 2.05) is 0 Å². The monoisotopic (exact) mass is 327 g/mol. The lowest BCUT2D eigenvalue weighted by molar-refractivity contribution is -0.383. The average Bonchev–Trinajstić information content (AvgIpc) is 2.97. The van der Waals surface area contributed by atoms with Crippen LogP contribution in [-0.4, -0.2) is 54.2 Å². The second-order valence-corrected chi connectivity index (χ2v) is 5.44. The maximum absolute atomic E-state index is 14.9. The van der Waals surface area contributed by atoms with E-state index in [4.69, 9.17) is 15.6 Å². The smallest absolute Gasteiger partial charge is 0.300 e. The van der Waals surface area contributed by atoms with Crippen LogP contribution in [0.15, 0.2) is 12.5 Å². The molecule has 3 rings (SSSR count). The van der Waals surface area contributed by atoms with Crippen LogP contribution in [0.1, 0.15) is 13.2 Å². The van der Waals surface area contributed by atoms with Gasteiger partial charge in [0.15, 0.2) is 17.5 Å². The number of hydrogen-bond acceptors (Lipinski definition) is 8. The van der Waals surface area contributed by atoms with Gasteiger partial charge in [-0.15, -0.1) is 0 Å². The minimum Gasteiger partial charge on any atom is -0.394 e. The number of fused-ring (bicyclic) bond motifs is 1. The lowest BCUT2D eigenvalue weighted by Gasteiger charge is -2.24. The van der Waals surface area contributed by atoms with Crippen LogP contribution in [0.3, 0.4) is 0 Å². The van der Waals surface area contributed by atoms with Gasteiger partial charge >= 0.3 is 0 Å². The molecule has 4 N–H and O–H groups in total. The Kier molecular flexibility index (Phi) is 3.43. The summed E-state index contributed by atoms with van der Waals surface area (Å²) in [5.41, 5.74) is 2.96. The Morgan fingerprint density at radius 3 is 2.87 bits per heavy atom. The zero-order valence-electron chi connectivity index (χ0n) is 12.0. The van der Waals surface area contributed by atoms with Gasteiger partial charge in [-0.1, -0.05) is 0 Å². The molecule has 0 bridgehead atoms. The zero-order valence-corrected chi connectivity index (χ0v) is 12.0. The summed E-state index contributed by atoms with van der Waals surface area (Å²) in [4.78, 5) is 18.1. The molecule has 124 valence electrons. The topological polar surface area (TPSA) is 150 Å². The number of ether oxygens (including phenoxy) is 1. The number of aliphatic hydroxyl groups is 2. The number of nitrogen functional groups attached to an aromatic ring is 1. The summed E-state index contributed by atoms with van der Waals surface area (Å²) in [5.74, 6) is -0.127. The number of halogens is 1. The fraction of sp³-hybridized carbons (Fsp3) is 0.500. The molecule has 1 aliphatic rings. The van der Waals surface area contributed by atoms with Gasteiger partial charge < -0.3 is 20.7 Å². The molecule has 1 fully saturated rings. The van der Waals surface area contributed by atoms with E-state index < -0.39 is 41.3 Å². The Morgan fingerprint density at radius 2 is 2.30 bits per heavy atom. The molecular formula is C12H14FN5O5. The van der Waals surface area contributed by atoms with Gasteiger partial charge in [-0.25, -0.2) is 14.4 Å². The molecule has 1 saturated heterocycles. The zero-order chi connectivity index (χ0) is 16.9. The van der Waals surface area contributed by atoms with E-state index in [9.17, 15) is 19.6 Å². The summed E-state index contributed by atoms with van der Waals surface area (Å²) < 4.78 is 21.3. The number of rotatable bonds is 3. The van der Waals surface area contributed by atoms with Gasteiger partial charge in [0.2, 0.25) is 0 Å². The Hall–Kier alpha value is -2.37. The number of aliphatic hydroxyl groups excluding tert-OH is 2. The van der Waals surface area contributed by atoms with Gasteiger partial charge in [-0.2, -0.15) is 0 Å². The number of nitro groups is 1. The summed E-state index contributed by atoms with van der Waals surface area (Å²) in [6, 6.07) is 0. The summed E-state index contributed by atoms with van der Waals surface area (Å²) in [6.45, 7) is 0.482. The highest BCUT2D eigenvalue weighted by molar-refractivity contribution is 5.95. The number of aromatic nitrogens is 3. The van der Waals surface area contributed by atoms with Crippen molar-refractivity contribution in [2.75, 3.05) is 12.3 Å². The van der Waals surface area contributed by atoms with Crippen LogP contribution in [0.4, 0.5) is 15.9 Å². The van der Waals surface area contributed by atoms with E-state index in [0.29, 0.717) is 0 Å². The molecule has 10 nitrogen and oxygen atoms in total. The molecule has 3 heterocycles. The average molecular weight is 327 g/mol. The molecular weight excluding hydrogens is 313 g/mol. The summed E-state index contributed by atoms with van der Waals surface area (Å²) >= 11 is 0. The lowest BCUT2D eigenvalue weighted by atomic mass is 9.98. The molecule has 0 spiro atoms. The SMILES string of the molecule is C[C@@]1(F)[C@H](O)[C@@H](CO)O[C@H]1n1cc([N+](=O)[O-])c2c(N)ncnc21.